The Hall–Kier alpha value is -2.06. The highest BCUT2D eigenvalue weighted by Crippen LogP contribution is 2.32. The van der Waals surface area contributed by atoms with E-state index >= 15 is 0 Å². The first-order chi connectivity index (χ1) is 11.7. The van der Waals surface area contributed by atoms with Gasteiger partial charge in [0.25, 0.3) is 0 Å². The summed E-state index contributed by atoms with van der Waals surface area (Å²) in [6, 6.07) is 10.4. The van der Waals surface area contributed by atoms with Crippen LogP contribution >= 0.6 is 15.9 Å². The van der Waals surface area contributed by atoms with Crippen molar-refractivity contribution in [3.05, 3.63) is 52.0 Å². The van der Waals surface area contributed by atoms with Crippen molar-refractivity contribution >= 4 is 49.0 Å². The summed E-state index contributed by atoms with van der Waals surface area (Å²) < 4.78 is 26.0. The van der Waals surface area contributed by atoms with E-state index in [9.17, 15) is 13.2 Å². The van der Waals surface area contributed by atoms with E-state index in [0.29, 0.717) is 30.0 Å². The van der Waals surface area contributed by atoms with Gasteiger partial charge in [0.15, 0.2) is 0 Å². The molecule has 2 N–H and O–H groups in total. The van der Waals surface area contributed by atoms with Crippen LogP contribution in [0.25, 0.3) is 0 Å². The summed E-state index contributed by atoms with van der Waals surface area (Å²) in [5, 5.41) is 5.51. The second-order valence-electron chi connectivity index (χ2n) is 5.97. The molecule has 0 radical (unpaired) electrons. The Kier molecular flexibility index (Phi) is 4.75. The Morgan fingerprint density at radius 3 is 2.40 bits per heavy atom. The Balaban J connectivity index is 1.75. The highest BCUT2D eigenvalue weighted by molar-refractivity contribution is 9.10. The van der Waals surface area contributed by atoms with Gasteiger partial charge < -0.3 is 10.6 Å². The average Bonchev–Trinajstić information content (AvgIpc) is 2.94. The minimum Gasteiger partial charge on any atom is -0.308 e. The van der Waals surface area contributed by atoms with Crippen molar-refractivity contribution in [1.82, 2.24) is 0 Å². The number of nitrogens with one attached hydrogen (secondary N) is 2. The van der Waals surface area contributed by atoms with Gasteiger partial charge in [-0.2, -0.15) is 0 Å². The SMILES string of the molecule is Cc1cc(NC(=O)Nc2ccc3c(c2)N(S(C)(=O)=O)CC3)ccc1Br. The lowest BCUT2D eigenvalue weighted by Gasteiger charge is -2.17. The van der Waals surface area contributed by atoms with Crippen LogP contribution in [-0.2, 0) is 16.4 Å². The zero-order chi connectivity index (χ0) is 18.2. The average molecular weight is 424 g/mol. The molecular weight excluding hydrogens is 406 g/mol. The van der Waals surface area contributed by atoms with E-state index < -0.39 is 10.0 Å². The van der Waals surface area contributed by atoms with Gasteiger partial charge in [-0.25, -0.2) is 13.2 Å². The largest absolute Gasteiger partial charge is 0.323 e. The molecule has 0 fully saturated rings. The van der Waals surface area contributed by atoms with Crippen molar-refractivity contribution < 1.29 is 13.2 Å². The molecule has 0 aromatic heterocycles. The molecule has 2 aromatic carbocycles. The van der Waals surface area contributed by atoms with Crippen molar-refractivity contribution in [2.75, 3.05) is 27.7 Å². The lowest BCUT2D eigenvalue weighted by molar-refractivity contribution is 0.262. The molecule has 132 valence electrons. The third kappa shape index (κ3) is 3.96. The van der Waals surface area contributed by atoms with Crippen molar-refractivity contribution in [3.63, 3.8) is 0 Å². The second-order valence-corrected chi connectivity index (χ2v) is 8.73. The van der Waals surface area contributed by atoms with Crippen LogP contribution in [0.1, 0.15) is 11.1 Å². The zero-order valence-electron chi connectivity index (χ0n) is 13.8. The summed E-state index contributed by atoms with van der Waals surface area (Å²) in [4.78, 5) is 12.2. The van der Waals surface area contributed by atoms with Crippen LogP contribution in [0.2, 0.25) is 0 Å². The molecule has 0 bridgehead atoms. The molecule has 0 saturated heterocycles. The van der Waals surface area contributed by atoms with Crippen LogP contribution in [-0.4, -0.2) is 27.2 Å². The number of carbonyl (C=O) groups excluding carboxylic acids is 1. The number of urea groups is 1. The predicted molar refractivity (Wildman–Crippen MR) is 104 cm³/mol. The second kappa shape index (κ2) is 6.68. The summed E-state index contributed by atoms with van der Waals surface area (Å²) in [5.74, 6) is 0. The van der Waals surface area contributed by atoms with Gasteiger partial charge in [0.1, 0.15) is 0 Å². The maximum Gasteiger partial charge on any atom is 0.323 e. The number of fused-ring (bicyclic) bond motifs is 1. The standard InChI is InChI=1S/C17H18BrN3O3S/c1-11-9-13(5-6-15(11)18)19-17(22)20-14-4-3-12-7-8-21(16(12)10-14)25(2,23)24/h3-6,9-10H,7-8H2,1-2H3,(H2,19,20,22). The van der Waals surface area contributed by atoms with Crippen molar-refractivity contribution in [2.24, 2.45) is 0 Å². The summed E-state index contributed by atoms with van der Waals surface area (Å²) in [6.45, 7) is 2.37. The fraction of sp³-hybridized carbons (Fsp3) is 0.235. The minimum absolute atomic E-state index is 0.384. The minimum atomic E-state index is -3.32. The molecule has 1 aliphatic rings. The third-order valence-corrected chi connectivity index (χ3v) is 6.08. The molecule has 25 heavy (non-hydrogen) atoms. The smallest absolute Gasteiger partial charge is 0.308 e. The van der Waals surface area contributed by atoms with Crippen molar-refractivity contribution in [3.8, 4) is 0 Å². The molecule has 0 aliphatic carbocycles. The molecule has 6 nitrogen and oxygen atoms in total. The number of sulfonamides is 1. The number of hydrogen-bond donors (Lipinski definition) is 2. The van der Waals surface area contributed by atoms with Gasteiger partial charge in [0, 0.05) is 22.4 Å². The van der Waals surface area contributed by atoms with Gasteiger partial charge in [0.2, 0.25) is 10.0 Å². The van der Waals surface area contributed by atoms with E-state index in [1.807, 2.05) is 25.1 Å². The van der Waals surface area contributed by atoms with Gasteiger partial charge in [-0.3, -0.25) is 4.31 Å². The molecule has 0 atom stereocenters. The quantitative estimate of drug-likeness (QED) is 0.789. The Labute approximate surface area is 155 Å². The molecule has 1 heterocycles. The number of aryl methyl sites for hydroxylation is 1. The third-order valence-electron chi connectivity index (χ3n) is 4.01. The van der Waals surface area contributed by atoms with Gasteiger partial charge in [-0.15, -0.1) is 0 Å². The molecule has 0 saturated carbocycles. The van der Waals surface area contributed by atoms with Gasteiger partial charge >= 0.3 is 6.03 Å². The van der Waals surface area contributed by atoms with E-state index in [-0.39, 0.29) is 6.03 Å². The molecule has 2 amide bonds. The Morgan fingerprint density at radius 2 is 1.76 bits per heavy atom. The topological polar surface area (TPSA) is 78.5 Å². The number of anilines is 3. The van der Waals surface area contributed by atoms with Crippen LogP contribution < -0.4 is 14.9 Å². The lowest BCUT2D eigenvalue weighted by Crippen LogP contribution is -2.27. The molecule has 1 aliphatic heterocycles. The number of carbonyl (C=O) groups is 1. The molecular formula is C17H18BrN3O3S. The summed E-state index contributed by atoms with van der Waals surface area (Å²) in [5.41, 5.74) is 3.82. The van der Waals surface area contributed by atoms with Gasteiger partial charge in [-0.05, 0) is 54.8 Å². The first-order valence-electron chi connectivity index (χ1n) is 7.69. The number of nitrogens with zero attached hydrogens (tertiary/aromatic N) is 1. The maximum absolute atomic E-state index is 12.2. The van der Waals surface area contributed by atoms with Crippen molar-refractivity contribution in [2.45, 2.75) is 13.3 Å². The number of benzene rings is 2. The van der Waals surface area contributed by atoms with Crippen LogP contribution in [0.4, 0.5) is 21.9 Å². The first-order valence-corrected chi connectivity index (χ1v) is 10.3. The summed E-state index contributed by atoms with van der Waals surface area (Å²) in [6.07, 6.45) is 1.86. The number of hydrogen-bond acceptors (Lipinski definition) is 3. The maximum atomic E-state index is 12.2. The van der Waals surface area contributed by atoms with Gasteiger partial charge in [0.05, 0.1) is 11.9 Å². The van der Waals surface area contributed by atoms with E-state index in [4.69, 9.17) is 0 Å². The van der Waals surface area contributed by atoms with Crippen LogP contribution in [0, 0.1) is 6.92 Å². The van der Waals surface area contributed by atoms with E-state index in [1.165, 1.54) is 10.6 Å². The number of rotatable bonds is 3. The van der Waals surface area contributed by atoms with Crippen LogP contribution in [0.5, 0.6) is 0 Å². The first kappa shape index (κ1) is 17.8. The fourth-order valence-electron chi connectivity index (χ4n) is 2.79. The summed E-state index contributed by atoms with van der Waals surface area (Å²) >= 11 is 3.42. The number of amides is 2. The Bertz CT molecular complexity index is 944. The van der Waals surface area contributed by atoms with E-state index in [1.54, 1.807) is 18.2 Å². The number of halogens is 1. The molecule has 2 aromatic rings. The predicted octanol–water partition coefficient (Wildman–Crippen LogP) is 3.72. The highest BCUT2D eigenvalue weighted by Gasteiger charge is 2.26. The molecule has 0 spiro atoms. The highest BCUT2D eigenvalue weighted by atomic mass is 79.9. The van der Waals surface area contributed by atoms with E-state index in [0.717, 1.165) is 15.6 Å². The van der Waals surface area contributed by atoms with Crippen LogP contribution in [0.3, 0.4) is 0 Å². The van der Waals surface area contributed by atoms with E-state index in [2.05, 4.69) is 26.6 Å². The fourth-order valence-corrected chi connectivity index (χ4v) is 3.98. The normalized spacial score (nSPS) is 13.5. The van der Waals surface area contributed by atoms with Gasteiger partial charge in [-0.1, -0.05) is 22.0 Å². The van der Waals surface area contributed by atoms with Crippen molar-refractivity contribution in [1.29, 1.82) is 0 Å². The lowest BCUT2D eigenvalue weighted by atomic mass is 10.1. The molecule has 0 unspecified atom stereocenters. The molecule has 3 rings (SSSR count). The molecule has 8 heteroatoms. The Morgan fingerprint density at radius 1 is 1.12 bits per heavy atom. The summed E-state index contributed by atoms with van der Waals surface area (Å²) in [7, 11) is -3.32. The zero-order valence-corrected chi connectivity index (χ0v) is 16.2. The van der Waals surface area contributed by atoms with Crippen LogP contribution in [0.15, 0.2) is 40.9 Å². The monoisotopic (exact) mass is 423 g/mol.